The maximum Gasteiger partial charge on any atom is 0.236 e. The number of nitrogens with zero attached hydrogens (tertiary/aromatic N) is 6. The number of amidine groups is 1. The lowest BCUT2D eigenvalue weighted by atomic mass is 9.72. The van der Waals surface area contributed by atoms with Crippen LogP contribution in [0.1, 0.15) is 61.7 Å². The summed E-state index contributed by atoms with van der Waals surface area (Å²) in [5, 5.41) is 25.6. The van der Waals surface area contributed by atoms with Crippen LogP contribution in [-0.4, -0.2) is 98.2 Å². The first kappa shape index (κ1) is 30.7. The first-order valence-corrected chi connectivity index (χ1v) is 16.6. The molecule has 3 fully saturated rings. The first-order chi connectivity index (χ1) is 21.1. The van der Waals surface area contributed by atoms with Gasteiger partial charge in [0.15, 0.2) is 5.84 Å². The van der Waals surface area contributed by atoms with E-state index in [9.17, 15) is 10.1 Å². The van der Waals surface area contributed by atoms with Crippen LogP contribution in [0.2, 0.25) is 0 Å². The number of amides is 1. The lowest BCUT2D eigenvalue weighted by Crippen LogP contribution is -2.50. The summed E-state index contributed by atoms with van der Waals surface area (Å²) in [6, 6.07) is 4.21. The molecule has 12 nitrogen and oxygen atoms in total. The van der Waals surface area contributed by atoms with Gasteiger partial charge in [-0.05, 0) is 46.1 Å². The fourth-order valence-corrected chi connectivity index (χ4v) is 8.33. The van der Waals surface area contributed by atoms with Crippen molar-refractivity contribution in [2.75, 3.05) is 81.1 Å². The minimum Gasteiger partial charge on any atom is -0.389 e. The summed E-state index contributed by atoms with van der Waals surface area (Å²) in [6.45, 7) is 15.0. The van der Waals surface area contributed by atoms with E-state index in [4.69, 9.17) is 25.8 Å². The van der Waals surface area contributed by atoms with Gasteiger partial charge in [-0.15, -0.1) is 11.3 Å². The van der Waals surface area contributed by atoms with Crippen molar-refractivity contribution in [2.24, 2.45) is 5.41 Å². The third-order valence-corrected chi connectivity index (χ3v) is 10.7. The van der Waals surface area contributed by atoms with E-state index >= 15 is 0 Å². The van der Waals surface area contributed by atoms with E-state index in [-0.39, 0.29) is 23.2 Å². The molecule has 0 bridgehead atoms. The molecule has 3 aliphatic heterocycles. The monoisotopic (exact) mass is 620 g/mol. The molecule has 44 heavy (non-hydrogen) atoms. The number of carbonyl (C=O) groups is 1. The Balaban J connectivity index is 1.27. The van der Waals surface area contributed by atoms with Gasteiger partial charge in [0.2, 0.25) is 11.9 Å². The van der Waals surface area contributed by atoms with Gasteiger partial charge < -0.3 is 35.8 Å². The van der Waals surface area contributed by atoms with E-state index in [1.807, 2.05) is 13.0 Å². The van der Waals surface area contributed by atoms with Crippen LogP contribution in [0.3, 0.4) is 0 Å². The SMILES string of the molecule is C[C@H]1CN(CC2(C)COC2)CCCN1c1nc(C(=N)NC(=O)[C@@]2(C)CCCc3sc(N)c(C#N)c32)cc(N2CCNCC2)n1. The average Bonchev–Trinajstić information content (AvgIpc) is 3.23. The Morgan fingerprint density at radius 1 is 1.25 bits per heavy atom. The van der Waals surface area contributed by atoms with Crippen molar-refractivity contribution in [3.63, 3.8) is 0 Å². The van der Waals surface area contributed by atoms with E-state index in [1.54, 1.807) is 0 Å². The topological polar surface area (TPSA) is 160 Å². The van der Waals surface area contributed by atoms with Crippen LogP contribution in [0.25, 0.3) is 0 Å². The summed E-state index contributed by atoms with van der Waals surface area (Å²) in [7, 11) is 0. The van der Waals surface area contributed by atoms with E-state index in [2.05, 4.69) is 45.3 Å². The molecule has 13 heteroatoms. The van der Waals surface area contributed by atoms with Crippen LogP contribution in [0.15, 0.2) is 6.07 Å². The van der Waals surface area contributed by atoms with Crippen LogP contribution in [0, 0.1) is 22.2 Å². The summed E-state index contributed by atoms with van der Waals surface area (Å²) in [5.74, 6) is 0.980. The maximum atomic E-state index is 13.9. The number of rotatable bonds is 6. The normalized spacial score (nSPS) is 25.4. The molecular weight excluding hydrogens is 576 g/mol. The molecule has 3 saturated heterocycles. The highest BCUT2D eigenvalue weighted by atomic mass is 32.1. The molecule has 2 aromatic heterocycles. The van der Waals surface area contributed by atoms with E-state index in [0.29, 0.717) is 34.2 Å². The van der Waals surface area contributed by atoms with Gasteiger partial charge in [0.1, 0.15) is 22.6 Å². The predicted molar refractivity (Wildman–Crippen MR) is 173 cm³/mol. The van der Waals surface area contributed by atoms with Gasteiger partial charge in [-0.3, -0.25) is 10.2 Å². The molecule has 4 aliphatic rings. The number of ether oxygens (including phenoxy) is 1. The molecule has 5 heterocycles. The van der Waals surface area contributed by atoms with Crippen molar-refractivity contribution in [3.05, 3.63) is 27.8 Å². The number of nitrogens with two attached hydrogens (primary N) is 1. The number of aryl methyl sites for hydroxylation is 1. The van der Waals surface area contributed by atoms with Crippen molar-refractivity contribution >= 4 is 39.8 Å². The highest BCUT2D eigenvalue weighted by Crippen LogP contribution is 2.45. The number of nitriles is 1. The molecule has 2 atom stereocenters. The zero-order valence-electron chi connectivity index (χ0n) is 26.0. The average molecular weight is 621 g/mol. The number of fused-ring (bicyclic) bond motifs is 1. The predicted octanol–water partition coefficient (Wildman–Crippen LogP) is 2.07. The fourth-order valence-electron chi connectivity index (χ4n) is 7.14. The number of anilines is 3. The number of carbonyl (C=O) groups excluding carboxylic acids is 1. The number of thiophene rings is 1. The zero-order valence-corrected chi connectivity index (χ0v) is 26.9. The standard InChI is InChI=1S/C31H44N10O2S/c1-20-16-39(17-30(2)18-43-19-30)10-5-11-41(20)29-36-22(14-24(37-29)40-12-8-35-9-13-40)26(33)38-28(42)31(3)7-4-6-23-25(31)21(15-32)27(34)44-23/h14,20,35H,4-13,16-19,34H2,1-3H3,(H2,33,38,42)/t20-,31-/m0/s1. The van der Waals surface area contributed by atoms with Gasteiger partial charge in [0.05, 0.1) is 24.2 Å². The highest BCUT2D eigenvalue weighted by molar-refractivity contribution is 7.16. The van der Waals surface area contributed by atoms with E-state index in [1.165, 1.54) is 11.3 Å². The van der Waals surface area contributed by atoms with E-state index in [0.717, 1.165) is 95.5 Å². The Labute approximate surface area is 263 Å². The lowest BCUT2D eigenvalue weighted by molar-refractivity contribution is -0.125. The molecule has 236 valence electrons. The van der Waals surface area contributed by atoms with Gasteiger partial charge >= 0.3 is 0 Å². The summed E-state index contributed by atoms with van der Waals surface area (Å²) in [4.78, 5) is 31.8. The van der Waals surface area contributed by atoms with Gasteiger partial charge in [-0.25, -0.2) is 4.98 Å². The maximum absolute atomic E-state index is 13.9. The van der Waals surface area contributed by atoms with Crippen molar-refractivity contribution in [2.45, 2.75) is 57.9 Å². The minimum absolute atomic E-state index is 0.0629. The van der Waals surface area contributed by atoms with Crippen LogP contribution >= 0.6 is 11.3 Å². The number of aromatic nitrogens is 2. The molecule has 2 aromatic rings. The highest BCUT2D eigenvalue weighted by Gasteiger charge is 2.43. The molecule has 1 amide bonds. The third-order valence-electron chi connectivity index (χ3n) is 9.58. The number of hydrogen-bond donors (Lipinski definition) is 4. The lowest BCUT2D eigenvalue weighted by Gasteiger charge is -2.42. The van der Waals surface area contributed by atoms with Crippen molar-refractivity contribution in [1.29, 1.82) is 10.7 Å². The molecule has 6 rings (SSSR count). The number of piperazine rings is 1. The summed E-state index contributed by atoms with van der Waals surface area (Å²) in [5.41, 5.74) is 6.92. The molecule has 0 radical (unpaired) electrons. The Hall–Kier alpha value is -3.31. The van der Waals surface area contributed by atoms with Crippen molar-refractivity contribution in [3.8, 4) is 6.07 Å². The second-order valence-electron chi connectivity index (χ2n) is 13.3. The summed E-state index contributed by atoms with van der Waals surface area (Å²) < 4.78 is 5.50. The number of nitrogen functional groups attached to an aromatic ring is 1. The molecule has 0 saturated carbocycles. The second kappa shape index (κ2) is 12.2. The Kier molecular flexibility index (Phi) is 8.54. The smallest absolute Gasteiger partial charge is 0.236 e. The van der Waals surface area contributed by atoms with Gasteiger partial charge in [0, 0.05) is 73.8 Å². The fraction of sp³-hybridized carbons (Fsp3) is 0.645. The van der Waals surface area contributed by atoms with Crippen LogP contribution in [-0.2, 0) is 21.4 Å². The Morgan fingerprint density at radius 3 is 2.73 bits per heavy atom. The number of nitrogens with one attached hydrogen (secondary N) is 3. The Morgan fingerprint density at radius 2 is 2.02 bits per heavy atom. The van der Waals surface area contributed by atoms with E-state index < -0.39 is 5.41 Å². The molecule has 5 N–H and O–H groups in total. The van der Waals surface area contributed by atoms with Gasteiger partial charge in [0.25, 0.3) is 0 Å². The van der Waals surface area contributed by atoms with Crippen LogP contribution in [0.5, 0.6) is 0 Å². The molecule has 0 spiro atoms. The molecule has 1 aliphatic carbocycles. The first-order valence-electron chi connectivity index (χ1n) is 15.7. The van der Waals surface area contributed by atoms with Gasteiger partial charge in [-0.2, -0.15) is 10.2 Å². The molecule has 0 aromatic carbocycles. The molecular formula is C31H44N10O2S. The van der Waals surface area contributed by atoms with Crippen LogP contribution in [0.4, 0.5) is 16.8 Å². The number of hydrogen-bond acceptors (Lipinski definition) is 12. The second-order valence-corrected chi connectivity index (χ2v) is 14.5. The third kappa shape index (κ3) is 5.88. The summed E-state index contributed by atoms with van der Waals surface area (Å²) >= 11 is 1.40. The van der Waals surface area contributed by atoms with Crippen LogP contribution < -0.4 is 26.2 Å². The quantitative estimate of drug-likeness (QED) is 0.278. The van der Waals surface area contributed by atoms with Crippen molar-refractivity contribution < 1.29 is 9.53 Å². The molecule has 0 unspecified atom stereocenters. The summed E-state index contributed by atoms with van der Waals surface area (Å²) in [6.07, 6.45) is 3.18. The minimum atomic E-state index is -0.957. The zero-order chi connectivity index (χ0) is 31.1. The van der Waals surface area contributed by atoms with Gasteiger partial charge in [-0.1, -0.05) is 6.92 Å². The largest absolute Gasteiger partial charge is 0.389 e. The Bertz CT molecular complexity index is 1460. The van der Waals surface area contributed by atoms with Crippen molar-refractivity contribution in [1.82, 2.24) is 25.5 Å².